The van der Waals surface area contributed by atoms with Crippen LogP contribution in [0.5, 0.6) is 5.75 Å². The van der Waals surface area contributed by atoms with Gasteiger partial charge in [0, 0.05) is 23.9 Å². The predicted octanol–water partition coefficient (Wildman–Crippen LogP) is 3.37. The standard InChI is InChI=1S/C17H11ClN2O6/c18-14-8-26-15-7-12(4-5-13(15)17(14)22)25-9-16(21)19-10-2-1-3-11(6-10)20(23)24/h1-8H,9H2,(H,19,21). The molecular formula is C17H11ClN2O6. The van der Waals surface area contributed by atoms with Gasteiger partial charge in [0.15, 0.2) is 6.61 Å². The fourth-order valence-corrected chi connectivity index (χ4v) is 2.36. The number of hydrogen-bond acceptors (Lipinski definition) is 6. The van der Waals surface area contributed by atoms with E-state index >= 15 is 0 Å². The average Bonchev–Trinajstić information content (AvgIpc) is 2.63. The molecule has 0 bridgehead atoms. The lowest BCUT2D eigenvalue weighted by Gasteiger charge is -2.08. The van der Waals surface area contributed by atoms with E-state index in [2.05, 4.69) is 5.32 Å². The first-order valence-electron chi connectivity index (χ1n) is 7.32. The van der Waals surface area contributed by atoms with Crippen molar-refractivity contribution in [2.24, 2.45) is 0 Å². The molecule has 2 aromatic carbocycles. The SMILES string of the molecule is O=C(COc1ccc2c(=O)c(Cl)coc2c1)Nc1cccc([N+](=O)[O-])c1. The van der Waals surface area contributed by atoms with E-state index in [9.17, 15) is 19.7 Å². The molecule has 0 aliphatic carbocycles. The van der Waals surface area contributed by atoms with Gasteiger partial charge in [-0.05, 0) is 18.2 Å². The normalized spacial score (nSPS) is 10.5. The smallest absolute Gasteiger partial charge is 0.271 e. The summed E-state index contributed by atoms with van der Waals surface area (Å²) in [4.78, 5) is 33.9. The number of carbonyl (C=O) groups is 1. The highest BCUT2D eigenvalue weighted by atomic mass is 35.5. The number of nitro benzene ring substituents is 1. The first-order chi connectivity index (χ1) is 12.4. The van der Waals surface area contributed by atoms with Crippen LogP contribution in [0.15, 0.2) is 57.9 Å². The van der Waals surface area contributed by atoms with E-state index in [0.717, 1.165) is 6.26 Å². The molecule has 0 spiro atoms. The number of ether oxygens (including phenoxy) is 1. The van der Waals surface area contributed by atoms with Crippen LogP contribution >= 0.6 is 11.6 Å². The van der Waals surface area contributed by atoms with E-state index in [1.165, 1.54) is 42.5 Å². The highest BCUT2D eigenvalue weighted by molar-refractivity contribution is 6.30. The zero-order valence-electron chi connectivity index (χ0n) is 13.1. The fourth-order valence-electron chi connectivity index (χ4n) is 2.22. The van der Waals surface area contributed by atoms with Crippen LogP contribution in [0.4, 0.5) is 11.4 Å². The molecule has 1 amide bonds. The van der Waals surface area contributed by atoms with Crippen molar-refractivity contribution in [3.63, 3.8) is 0 Å². The molecule has 3 rings (SSSR count). The van der Waals surface area contributed by atoms with Gasteiger partial charge in [0.25, 0.3) is 11.6 Å². The molecule has 0 saturated carbocycles. The second-order valence-electron chi connectivity index (χ2n) is 5.22. The highest BCUT2D eigenvalue weighted by Gasteiger charge is 2.10. The van der Waals surface area contributed by atoms with Crippen LogP contribution in [0.2, 0.25) is 5.02 Å². The van der Waals surface area contributed by atoms with Gasteiger partial charge < -0.3 is 14.5 Å². The van der Waals surface area contributed by atoms with Gasteiger partial charge in [0.1, 0.15) is 22.6 Å². The summed E-state index contributed by atoms with van der Waals surface area (Å²) in [6.45, 7) is -0.327. The Bertz CT molecular complexity index is 1060. The number of rotatable bonds is 5. The Hall–Kier alpha value is -3.39. The number of nitrogens with zero attached hydrogens (tertiary/aromatic N) is 1. The Morgan fingerprint density at radius 2 is 2.08 bits per heavy atom. The lowest BCUT2D eigenvalue weighted by molar-refractivity contribution is -0.384. The van der Waals surface area contributed by atoms with E-state index in [-0.39, 0.29) is 34.0 Å². The zero-order valence-corrected chi connectivity index (χ0v) is 13.9. The first kappa shape index (κ1) is 17.4. The molecule has 9 heteroatoms. The lowest BCUT2D eigenvalue weighted by atomic mass is 10.2. The van der Waals surface area contributed by atoms with Gasteiger partial charge in [-0.15, -0.1) is 0 Å². The topological polar surface area (TPSA) is 112 Å². The van der Waals surface area contributed by atoms with Crippen LogP contribution in [-0.4, -0.2) is 17.4 Å². The van der Waals surface area contributed by atoms with Crippen molar-refractivity contribution in [3.8, 4) is 5.75 Å². The summed E-state index contributed by atoms with van der Waals surface area (Å²) >= 11 is 5.71. The largest absolute Gasteiger partial charge is 0.484 e. The van der Waals surface area contributed by atoms with E-state index in [1.54, 1.807) is 0 Å². The average molecular weight is 375 g/mol. The van der Waals surface area contributed by atoms with Crippen LogP contribution in [0.25, 0.3) is 11.0 Å². The summed E-state index contributed by atoms with van der Waals surface area (Å²) in [5, 5.41) is 13.5. The van der Waals surface area contributed by atoms with E-state index < -0.39 is 10.8 Å². The van der Waals surface area contributed by atoms with Crippen molar-refractivity contribution in [1.29, 1.82) is 0 Å². The number of fused-ring (bicyclic) bond motifs is 1. The van der Waals surface area contributed by atoms with Gasteiger partial charge in [-0.25, -0.2) is 0 Å². The third-order valence-electron chi connectivity index (χ3n) is 3.41. The number of nitro groups is 1. The van der Waals surface area contributed by atoms with Gasteiger partial charge >= 0.3 is 0 Å². The summed E-state index contributed by atoms with van der Waals surface area (Å²) in [5.41, 5.74) is 0.0674. The molecule has 132 valence electrons. The van der Waals surface area contributed by atoms with Crippen molar-refractivity contribution in [2.75, 3.05) is 11.9 Å². The molecule has 0 fully saturated rings. The monoisotopic (exact) mass is 374 g/mol. The molecule has 3 aromatic rings. The maximum absolute atomic E-state index is 11.9. The quantitative estimate of drug-likeness (QED) is 0.541. The lowest BCUT2D eigenvalue weighted by Crippen LogP contribution is -2.20. The van der Waals surface area contributed by atoms with Gasteiger partial charge in [-0.3, -0.25) is 19.7 Å². The van der Waals surface area contributed by atoms with Crippen LogP contribution in [0, 0.1) is 10.1 Å². The number of halogens is 1. The molecular weight excluding hydrogens is 364 g/mol. The number of hydrogen-bond donors (Lipinski definition) is 1. The van der Waals surface area contributed by atoms with Crippen LogP contribution in [0.1, 0.15) is 0 Å². The summed E-state index contributed by atoms with van der Waals surface area (Å²) < 4.78 is 10.6. The number of carbonyl (C=O) groups excluding carboxylic acids is 1. The Kier molecular flexibility index (Phi) is 4.85. The third-order valence-corrected chi connectivity index (χ3v) is 3.68. The van der Waals surface area contributed by atoms with Crippen molar-refractivity contribution in [1.82, 2.24) is 0 Å². The third kappa shape index (κ3) is 3.81. The van der Waals surface area contributed by atoms with Crippen molar-refractivity contribution in [3.05, 3.63) is 74.1 Å². The molecule has 0 unspecified atom stereocenters. The molecule has 0 radical (unpaired) electrons. The van der Waals surface area contributed by atoms with Crippen LogP contribution < -0.4 is 15.5 Å². The van der Waals surface area contributed by atoms with Gasteiger partial charge in [0.2, 0.25) is 5.43 Å². The molecule has 0 saturated heterocycles. The molecule has 0 aliphatic heterocycles. The van der Waals surface area contributed by atoms with Crippen LogP contribution in [-0.2, 0) is 4.79 Å². The Labute approximate surface area is 151 Å². The van der Waals surface area contributed by atoms with Gasteiger partial charge in [-0.1, -0.05) is 17.7 Å². The maximum atomic E-state index is 11.9. The minimum Gasteiger partial charge on any atom is -0.484 e. The van der Waals surface area contributed by atoms with E-state index in [1.807, 2.05) is 0 Å². The molecule has 1 aromatic heterocycles. The van der Waals surface area contributed by atoms with Crippen molar-refractivity contribution < 1.29 is 18.9 Å². The molecule has 1 heterocycles. The second-order valence-corrected chi connectivity index (χ2v) is 5.62. The van der Waals surface area contributed by atoms with Gasteiger partial charge in [-0.2, -0.15) is 0 Å². The number of nitrogens with one attached hydrogen (secondary N) is 1. The van der Waals surface area contributed by atoms with Crippen LogP contribution in [0.3, 0.4) is 0 Å². The second kappa shape index (κ2) is 7.24. The molecule has 1 N–H and O–H groups in total. The summed E-state index contributed by atoms with van der Waals surface area (Å²) in [5.74, 6) is -0.180. The minimum atomic E-state index is -0.554. The minimum absolute atomic E-state index is 0.0255. The van der Waals surface area contributed by atoms with Crippen molar-refractivity contribution in [2.45, 2.75) is 0 Å². The molecule has 8 nitrogen and oxygen atoms in total. The Morgan fingerprint density at radius 1 is 1.27 bits per heavy atom. The summed E-state index contributed by atoms with van der Waals surface area (Å²) in [7, 11) is 0. The van der Waals surface area contributed by atoms with Gasteiger partial charge in [0.05, 0.1) is 10.3 Å². The Morgan fingerprint density at radius 3 is 2.85 bits per heavy atom. The van der Waals surface area contributed by atoms with E-state index in [0.29, 0.717) is 11.1 Å². The first-order valence-corrected chi connectivity index (χ1v) is 7.70. The molecule has 0 atom stereocenters. The van der Waals surface area contributed by atoms with E-state index in [4.69, 9.17) is 20.8 Å². The number of anilines is 1. The predicted molar refractivity (Wildman–Crippen MR) is 94.7 cm³/mol. The highest BCUT2D eigenvalue weighted by Crippen LogP contribution is 2.21. The summed E-state index contributed by atoms with van der Waals surface area (Å²) in [6, 6.07) is 10.0. The Balaban J connectivity index is 1.67. The number of non-ortho nitro benzene ring substituents is 1. The molecule has 0 aliphatic rings. The zero-order chi connectivity index (χ0) is 18.7. The number of amides is 1. The summed E-state index contributed by atoms with van der Waals surface area (Å²) in [6.07, 6.45) is 1.13. The number of benzene rings is 2. The van der Waals surface area contributed by atoms with Crippen molar-refractivity contribution >= 4 is 39.9 Å². The fraction of sp³-hybridized carbons (Fsp3) is 0.0588. The maximum Gasteiger partial charge on any atom is 0.271 e. The molecule has 26 heavy (non-hydrogen) atoms.